The average Bonchev–Trinajstić information content (AvgIpc) is 3.47. The van der Waals surface area contributed by atoms with Crippen LogP contribution in [-0.2, 0) is 14.9 Å². The SMILES string of the molecule is CC(C)(C)c1cccc(-n2c(N3CCC(C(=O)N[C@@H]4CCOC4)CC3)nc3cc(Cl)c(Cl)cc32)c1. The molecule has 3 aromatic rings. The summed E-state index contributed by atoms with van der Waals surface area (Å²) in [5.41, 5.74) is 4.02. The number of anilines is 1. The number of hydrogen-bond donors (Lipinski definition) is 1. The van der Waals surface area contributed by atoms with Gasteiger partial charge in [0.25, 0.3) is 0 Å². The van der Waals surface area contributed by atoms with Gasteiger partial charge >= 0.3 is 0 Å². The average molecular weight is 515 g/mol. The third-order valence-corrected chi connectivity index (χ3v) is 7.80. The molecule has 5 rings (SSSR count). The Morgan fingerprint density at radius 3 is 2.51 bits per heavy atom. The number of hydrogen-bond acceptors (Lipinski definition) is 4. The highest BCUT2D eigenvalue weighted by molar-refractivity contribution is 6.42. The van der Waals surface area contributed by atoms with Crippen LogP contribution in [0.2, 0.25) is 10.0 Å². The minimum atomic E-state index is 0.0118. The van der Waals surface area contributed by atoms with Gasteiger partial charge in [-0.2, -0.15) is 0 Å². The maximum Gasteiger partial charge on any atom is 0.223 e. The molecule has 0 spiro atoms. The van der Waals surface area contributed by atoms with Crippen LogP contribution in [0.5, 0.6) is 0 Å². The predicted molar refractivity (Wildman–Crippen MR) is 142 cm³/mol. The fraction of sp³-hybridized carbons (Fsp3) is 0.481. The second-order valence-corrected chi connectivity index (χ2v) is 11.4. The van der Waals surface area contributed by atoms with Crippen molar-refractivity contribution in [1.82, 2.24) is 14.9 Å². The van der Waals surface area contributed by atoms with Crippen molar-refractivity contribution in [3.8, 4) is 5.69 Å². The summed E-state index contributed by atoms with van der Waals surface area (Å²) in [6.07, 6.45) is 2.46. The molecule has 1 aromatic heterocycles. The molecular formula is C27H32Cl2N4O2. The van der Waals surface area contributed by atoms with Gasteiger partial charge in [-0.25, -0.2) is 4.98 Å². The zero-order valence-corrected chi connectivity index (χ0v) is 22.0. The van der Waals surface area contributed by atoms with Crippen LogP contribution in [0.25, 0.3) is 16.7 Å². The van der Waals surface area contributed by atoms with Crippen LogP contribution < -0.4 is 10.2 Å². The monoisotopic (exact) mass is 514 g/mol. The Labute approximate surface area is 216 Å². The standard InChI is InChI=1S/C27H32Cl2N4O2/c1-27(2,3)18-5-4-6-20(13-18)33-24-15-22(29)21(28)14-23(24)31-26(33)32-10-7-17(8-11-32)25(34)30-19-9-12-35-16-19/h4-6,13-15,17,19H,7-12,16H2,1-3H3,(H,30,34)/t19-/m1/s1. The molecule has 186 valence electrons. The number of carbonyl (C=O) groups excluding carboxylic acids is 1. The first-order valence-electron chi connectivity index (χ1n) is 12.3. The van der Waals surface area contributed by atoms with Crippen molar-refractivity contribution in [1.29, 1.82) is 0 Å². The Kier molecular flexibility index (Phi) is 6.73. The van der Waals surface area contributed by atoms with Crippen molar-refractivity contribution in [3.63, 3.8) is 0 Å². The molecule has 1 N–H and O–H groups in total. The second-order valence-electron chi connectivity index (χ2n) is 10.6. The smallest absolute Gasteiger partial charge is 0.223 e. The van der Waals surface area contributed by atoms with Crippen molar-refractivity contribution in [2.24, 2.45) is 5.92 Å². The zero-order valence-electron chi connectivity index (χ0n) is 20.5. The first-order valence-corrected chi connectivity index (χ1v) is 13.1. The number of amides is 1. The highest BCUT2D eigenvalue weighted by Gasteiger charge is 2.30. The van der Waals surface area contributed by atoms with Crippen molar-refractivity contribution < 1.29 is 9.53 Å². The lowest BCUT2D eigenvalue weighted by Crippen LogP contribution is -2.44. The molecule has 2 aliphatic rings. The lowest BCUT2D eigenvalue weighted by molar-refractivity contribution is -0.126. The summed E-state index contributed by atoms with van der Waals surface area (Å²) < 4.78 is 7.57. The van der Waals surface area contributed by atoms with Crippen LogP contribution in [0.15, 0.2) is 36.4 Å². The highest BCUT2D eigenvalue weighted by Crippen LogP contribution is 2.35. The molecule has 35 heavy (non-hydrogen) atoms. The van der Waals surface area contributed by atoms with Gasteiger partial charge in [-0.05, 0) is 54.5 Å². The van der Waals surface area contributed by atoms with E-state index in [2.05, 4.69) is 59.8 Å². The Bertz CT molecular complexity index is 1240. The summed E-state index contributed by atoms with van der Waals surface area (Å²) in [5.74, 6) is 1.01. The molecule has 0 radical (unpaired) electrons. The van der Waals surface area contributed by atoms with Crippen LogP contribution in [0, 0.1) is 5.92 Å². The molecular weight excluding hydrogens is 483 g/mol. The quantitative estimate of drug-likeness (QED) is 0.481. The van der Waals surface area contributed by atoms with E-state index in [9.17, 15) is 4.79 Å². The minimum Gasteiger partial charge on any atom is -0.379 e. The van der Waals surface area contributed by atoms with Crippen molar-refractivity contribution in [3.05, 3.63) is 52.0 Å². The summed E-state index contributed by atoms with van der Waals surface area (Å²) in [4.78, 5) is 20.1. The molecule has 2 aliphatic heterocycles. The molecule has 8 heteroatoms. The van der Waals surface area contributed by atoms with Gasteiger partial charge in [-0.15, -0.1) is 0 Å². The van der Waals surface area contributed by atoms with Crippen LogP contribution in [-0.4, -0.2) is 47.8 Å². The normalized spacial score (nSPS) is 19.5. The number of halogens is 2. The van der Waals surface area contributed by atoms with Gasteiger partial charge < -0.3 is 15.0 Å². The van der Waals surface area contributed by atoms with Gasteiger partial charge in [0.2, 0.25) is 11.9 Å². The van der Waals surface area contributed by atoms with Gasteiger partial charge in [0.15, 0.2) is 0 Å². The van der Waals surface area contributed by atoms with Crippen LogP contribution in [0.4, 0.5) is 5.95 Å². The first kappa shape index (κ1) is 24.4. The Morgan fingerprint density at radius 1 is 1.09 bits per heavy atom. The Hall–Kier alpha value is -2.28. The molecule has 2 saturated heterocycles. The molecule has 1 amide bonds. The lowest BCUT2D eigenvalue weighted by Gasteiger charge is -2.33. The Morgan fingerprint density at radius 2 is 1.83 bits per heavy atom. The highest BCUT2D eigenvalue weighted by atomic mass is 35.5. The van der Waals surface area contributed by atoms with E-state index in [1.54, 1.807) is 0 Å². The van der Waals surface area contributed by atoms with Crippen molar-refractivity contribution >= 4 is 46.1 Å². The van der Waals surface area contributed by atoms with Crippen LogP contribution in [0.1, 0.15) is 45.6 Å². The number of nitrogens with one attached hydrogen (secondary N) is 1. The Balaban J connectivity index is 1.46. The topological polar surface area (TPSA) is 59.4 Å². The molecule has 2 aromatic carbocycles. The number of benzene rings is 2. The number of nitrogens with zero attached hydrogens (tertiary/aromatic N) is 3. The van der Waals surface area contributed by atoms with E-state index in [-0.39, 0.29) is 23.3 Å². The summed E-state index contributed by atoms with van der Waals surface area (Å²) in [6, 6.07) is 12.4. The van der Waals surface area contributed by atoms with Gasteiger partial charge in [0.05, 0.1) is 33.7 Å². The number of imidazole rings is 1. The van der Waals surface area contributed by atoms with Gasteiger partial charge in [0, 0.05) is 31.3 Å². The molecule has 0 unspecified atom stereocenters. The van der Waals surface area contributed by atoms with E-state index in [0.29, 0.717) is 16.7 Å². The third kappa shape index (κ3) is 5.02. The fourth-order valence-corrected chi connectivity index (χ4v) is 5.26. The van der Waals surface area contributed by atoms with E-state index in [1.165, 1.54) is 5.56 Å². The summed E-state index contributed by atoms with van der Waals surface area (Å²) in [5, 5.41) is 4.16. The maximum absolute atomic E-state index is 12.8. The molecule has 0 saturated carbocycles. The number of ether oxygens (including phenoxy) is 1. The van der Waals surface area contributed by atoms with Crippen molar-refractivity contribution in [2.75, 3.05) is 31.2 Å². The molecule has 2 fully saturated rings. The van der Waals surface area contributed by atoms with Gasteiger partial charge in [-0.1, -0.05) is 56.1 Å². The second kappa shape index (κ2) is 9.64. The van der Waals surface area contributed by atoms with E-state index >= 15 is 0 Å². The van der Waals surface area contributed by atoms with E-state index in [4.69, 9.17) is 32.9 Å². The molecule has 1 atom stereocenters. The fourth-order valence-electron chi connectivity index (χ4n) is 4.95. The van der Waals surface area contributed by atoms with E-state index in [1.807, 2.05) is 12.1 Å². The molecule has 0 aliphatic carbocycles. The molecule has 0 bridgehead atoms. The largest absolute Gasteiger partial charge is 0.379 e. The number of carbonyl (C=O) groups is 1. The van der Waals surface area contributed by atoms with Crippen LogP contribution in [0.3, 0.4) is 0 Å². The first-order chi connectivity index (χ1) is 16.7. The number of fused-ring (bicyclic) bond motifs is 1. The van der Waals surface area contributed by atoms with E-state index in [0.717, 1.165) is 61.6 Å². The number of piperidine rings is 1. The van der Waals surface area contributed by atoms with Crippen molar-refractivity contribution in [2.45, 2.75) is 51.5 Å². The predicted octanol–water partition coefficient (Wildman–Crippen LogP) is 5.75. The molecule has 3 heterocycles. The third-order valence-electron chi connectivity index (χ3n) is 7.07. The minimum absolute atomic E-state index is 0.0118. The summed E-state index contributed by atoms with van der Waals surface area (Å²) >= 11 is 12.8. The zero-order chi connectivity index (χ0) is 24.7. The molecule has 6 nitrogen and oxygen atoms in total. The number of rotatable bonds is 4. The van der Waals surface area contributed by atoms with Crippen LogP contribution >= 0.6 is 23.2 Å². The van der Waals surface area contributed by atoms with Gasteiger partial charge in [-0.3, -0.25) is 9.36 Å². The number of aromatic nitrogens is 2. The summed E-state index contributed by atoms with van der Waals surface area (Å²) in [6.45, 7) is 9.49. The summed E-state index contributed by atoms with van der Waals surface area (Å²) in [7, 11) is 0. The lowest BCUT2D eigenvalue weighted by atomic mass is 9.87. The maximum atomic E-state index is 12.8. The van der Waals surface area contributed by atoms with Gasteiger partial charge in [0.1, 0.15) is 0 Å². The van der Waals surface area contributed by atoms with E-state index < -0.39 is 0 Å².